The monoisotopic (exact) mass is 326 g/mol. The predicted molar refractivity (Wildman–Crippen MR) is 73.4 cm³/mol. The number of nitrogens with zero attached hydrogens (tertiary/aromatic N) is 2. The average molecular weight is 327 g/mol. The summed E-state index contributed by atoms with van der Waals surface area (Å²) in [5, 5.41) is 3.88. The molecule has 1 heterocycles. The summed E-state index contributed by atoms with van der Waals surface area (Å²) in [5.74, 6) is 2.85. The van der Waals surface area contributed by atoms with Crippen LogP contribution in [0.1, 0.15) is 31.5 Å². The Morgan fingerprint density at radius 2 is 2.16 bits per heavy atom. The van der Waals surface area contributed by atoms with E-state index in [4.69, 9.17) is 14.0 Å². The van der Waals surface area contributed by atoms with Gasteiger partial charge in [-0.05, 0) is 34.1 Å². The summed E-state index contributed by atoms with van der Waals surface area (Å²) < 4.78 is 16.7. The van der Waals surface area contributed by atoms with Crippen molar-refractivity contribution < 1.29 is 14.0 Å². The van der Waals surface area contributed by atoms with Crippen LogP contribution in [0, 0.1) is 0 Å². The first kappa shape index (κ1) is 13.9. The molecule has 0 bridgehead atoms. The maximum atomic E-state index is 5.62. The number of hydrogen-bond donors (Lipinski definition) is 0. The van der Waals surface area contributed by atoms with Gasteiger partial charge in [-0.25, -0.2) is 0 Å². The molecule has 2 aromatic rings. The SMILES string of the molecule is COc1ccc(OCc2nc(C(C)C)no2)c(Br)c1. The van der Waals surface area contributed by atoms with Gasteiger partial charge in [0, 0.05) is 5.92 Å². The minimum absolute atomic E-state index is 0.241. The molecule has 0 N–H and O–H groups in total. The molecule has 5 nitrogen and oxygen atoms in total. The van der Waals surface area contributed by atoms with E-state index in [1.54, 1.807) is 7.11 Å². The van der Waals surface area contributed by atoms with Crippen molar-refractivity contribution in [3.63, 3.8) is 0 Å². The van der Waals surface area contributed by atoms with E-state index in [1.807, 2.05) is 32.0 Å². The highest BCUT2D eigenvalue weighted by molar-refractivity contribution is 9.10. The maximum absolute atomic E-state index is 5.62. The van der Waals surface area contributed by atoms with Crippen molar-refractivity contribution in [2.24, 2.45) is 0 Å². The molecule has 0 atom stereocenters. The molecule has 0 saturated heterocycles. The average Bonchev–Trinajstić information content (AvgIpc) is 2.86. The summed E-state index contributed by atoms with van der Waals surface area (Å²) in [7, 11) is 1.62. The number of ether oxygens (including phenoxy) is 2. The molecule has 1 aromatic carbocycles. The molecule has 0 fully saturated rings. The Morgan fingerprint density at radius 1 is 1.37 bits per heavy atom. The Labute approximate surface area is 120 Å². The largest absolute Gasteiger partial charge is 0.497 e. The number of benzene rings is 1. The van der Waals surface area contributed by atoms with Crippen LogP contribution in [0.2, 0.25) is 0 Å². The molecule has 6 heteroatoms. The summed E-state index contributed by atoms with van der Waals surface area (Å²) in [6, 6.07) is 5.48. The highest BCUT2D eigenvalue weighted by Gasteiger charge is 2.11. The van der Waals surface area contributed by atoms with Crippen molar-refractivity contribution in [2.75, 3.05) is 7.11 Å². The molecular weight excluding hydrogens is 312 g/mol. The van der Waals surface area contributed by atoms with E-state index in [9.17, 15) is 0 Å². The Kier molecular flexibility index (Phi) is 4.42. The van der Waals surface area contributed by atoms with Gasteiger partial charge >= 0.3 is 0 Å². The molecule has 0 aliphatic carbocycles. The third-order valence-corrected chi connectivity index (χ3v) is 3.11. The van der Waals surface area contributed by atoms with Crippen LogP contribution in [0.15, 0.2) is 27.2 Å². The highest BCUT2D eigenvalue weighted by atomic mass is 79.9. The smallest absolute Gasteiger partial charge is 0.264 e. The van der Waals surface area contributed by atoms with Gasteiger partial charge in [0.1, 0.15) is 11.5 Å². The minimum atomic E-state index is 0.241. The van der Waals surface area contributed by atoms with E-state index in [0.717, 1.165) is 10.2 Å². The summed E-state index contributed by atoms with van der Waals surface area (Å²) >= 11 is 3.42. The third kappa shape index (κ3) is 3.47. The summed E-state index contributed by atoms with van der Waals surface area (Å²) in [6.07, 6.45) is 0. The van der Waals surface area contributed by atoms with Crippen LogP contribution in [0.3, 0.4) is 0 Å². The van der Waals surface area contributed by atoms with Crippen LogP contribution in [0.4, 0.5) is 0 Å². The fourth-order valence-electron chi connectivity index (χ4n) is 1.43. The maximum Gasteiger partial charge on any atom is 0.264 e. The lowest BCUT2D eigenvalue weighted by Crippen LogP contribution is -1.97. The van der Waals surface area contributed by atoms with Gasteiger partial charge in [0.15, 0.2) is 12.4 Å². The normalized spacial score (nSPS) is 10.8. The van der Waals surface area contributed by atoms with Crippen molar-refractivity contribution >= 4 is 15.9 Å². The van der Waals surface area contributed by atoms with Crippen LogP contribution >= 0.6 is 15.9 Å². The second-order valence-electron chi connectivity index (χ2n) is 4.29. The van der Waals surface area contributed by atoms with Crippen molar-refractivity contribution in [2.45, 2.75) is 26.4 Å². The first-order valence-corrected chi connectivity index (χ1v) is 6.68. The molecule has 19 heavy (non-hydrogen) atoms. The van der Waals surface area contributed by atoms with Crippen LogP contribution in [0.25, 0.3) is 0 Å². The first-order valence-electron chi connectivity index (χ1n) is 5.89. The fraction of sp³-hybridized carbons (Fsp3) is 0.385. The van der Waals surface area contributed by atoms with Crippen LogP contribution in [-0.4, -0.2) is 17.3 Å². The molecule has 0 amide bonds. The molecule has 0 spiro atoms. The van der Waals surface area contributed by atoms with Crippen molar-refractivity contribution in [3.8, 4) is 11.5 Å². The van der Waals surface area contributed by atoms with Crippen LogP contribution in [0.5, 0.6) is 11.5 Å². The molecule has 0 radical (unpaired) electrons. The van der Waals surface area contributed by atoms with Crippen LogP contribution in [-0.2, 0) is 6.61 Å². The zero-order valence-corrected chi connectivity index (χ0v) is 12.6. The Hall–Kier alpha value is -1.56. The fourth-order valence-corrected chi connectivity index (χ4v) is 1.90. The minimum Gasteiger partial charge on any atom is -0.497 e. The van der Waals surface area contributed by atoms with E-state index in [1.165, 1.54) is 0 Å². The van der Waals surface area contributed by atoms with Gasteiger partial charge in [0.2, 0.25) is 0 Å². The summed E-state index contributed by atoms with van der Waals surface area (Å²) in [5.41, 5.74) is 0. The molecule has 0 saturated carbocycles. The zero-order valence-electron chi connectivity index (χ0n) is 11.0. The molecule has 0 unspecified atom stereocenters. The first-order chi connectivity index (χ1) is 9.10. The number of rotatable bonds is 5. The highest BCUT2D eigenvalue weighted by Crippen LogP contribution is 2.29. The molecule has 1 aromatic heterocycles. The van der Waals surface area contributed by atoms with E-state index < -0.39 is 0 Å². The molecule has 102 valence electrons. The number of methoxy groups -OCH3 is 1. The lowest BCUT2D eigenvalue weighted by Gasteiger charge is -2.07. The third-order valence-electron chi connectivity index (χ3n) is 2.49. The zero-order chi connectivity index (χ0) is 13.8. The Balaban J connectivity index is 2.01. The van der Waals surface area contributed by atoms with E-state index >= 15 is 0 Å². The van der Waals surface area contributed by atoms with E-state index in [-0.39, 0.29) is 12.5 Å². The lowest BCUT2D eigenvalue weighted by atomic mass is 10.2. The second-order valence-corrected chi connectivity index (χ2v) is 5.14. The molecule has 2 rings (SSSR count). The van der Waals surface area contributed by atoms with Gasteiger partial charge < -0.3 is 14.0 Å². The Bertz CT molecular complexity index is 555. The summed E-state index contributed by atoms with van der Waals surface area (Å²) in [6.45, 7) is 4.26. The molecule has 0 aliphatic rings. The van der Waals surface area contributed by atoms with Gasteiger partial charge in [-0.1, -0.05) is 19.0 Å². The van der Waals surface area contributed by atoms with Gasteiger partial charge in [-0.15, -0.1) is 0 Å². The van der Waals surface area contributed by atoms with Gasteiger partial charge in [-0.2, -0.15) is 4.98 Å². The van der Waals surface area contributed by atoms with Gasteiger partial charge in [0.05, 0.1) is 11.6 Å². The molecule has 0 aliphatic heterocycles. The van der Waals surface area contributed by atoms with Crippen molar-refractivity contribution in [1.29, 1.82) is 0 Å². The molecular formula is C13H15BrN2O3. The van der Waals surface area contributed by atoms with Crippen molar-refractivity contribution in [1.82, 2.24) is 10.1 Å². The Morgan fingerprint density at radius 3 is 2.74 bits per heavy atom. The van der Waals surface area contributed by atoms with E-state index in [0.29, 0.717) is 17.5 Å². The lowest BCUT2D eigenvalue weighted by molar-refractivity contribution is 0.241. The van der Waals surface area contributed by atoms with Crippen molar-refractivity contribution in [3.05, 3.63) is 34.4 Å². The van der Waals surface area contributed by atoms with Gasteiger partial charge in [0.25, 0.3) is 5.89 Å². The number of aromatic nitrogens is 2. The van der Waals surface area contributed by atoms with E-state index in [2.05, 4.69) is 26.1 Å². The van der Waals surface area contributed by atoms with Gasteiger partial charge in [-0.3, -0.25) is 0 Å². The topological polar surface area (TPSA) is 57.4 Å². The quantitative estimate of drug-likeness (QED) is 0.841. The number of halogens is 1. The number of hydrogen-bond acceptors (Lipinski definition) is 5. The predicted octanol–water partition coefficient (Wildman–Crippen LogP) is 3.54. The summed E-state index contributed by atoms with van der Waals surface area (Å²) in [4.78, 5) is 4.25. The standard InChI is InChI=1S/C13H15BrN2O3/c1-8(2)13-15-12(19-16-13)7-18-11-5-4-9(17-3)6-10(11)14/h4-6,8H,7H2,1-3H3. The second kappa shape index (κ2) is 6.06. The van der Waals surface area contributed by atoms with Crippen LogP contribution < -0.4 is 9.47 Å².